The number of nitrogens with two attached hydrogens (primary N) is 1. The summed E-state index contributed by atoms with van der Waals surface area (Å²) < 4.78 is 4.99. The van der Waals surface area contributed by atoms with Crippen LogP contribution in [-0.4, -0.2) is 31.7 Å². The average Bonchev–Trinajstić information content (AvgIpc) is 2.18. The van der Waals surface area contributed by atoms with Crippen LogP contribution in [0.1, 0.15) is 32.6 Å². The number of hydrogen-bond acceptors (Lipinski definition) is 3. The van der Waals surface area contributed by atoms with Gasteiger partial charge in [-0.25, -0.2) is 0 Å². The molecule has 0 radical (unpaired) electrons. The molecule has 0 aliphatic carbocycles. The van der Waals surface area contributed by atoms with Crippen LogP contribution in [0.15, 0.2) is 0 Å². The van der Waals surface area contributed by atoms with E-state index in [2.05, 4.69) is 12.2 Å². The van der Waals surface area contributed by atoms with Crippen LogP contribution in [0.25, 0.3) is 0 Å². The van der Waals surface area contributed by atoms with Gasteiger partial charge < -0.3 is 15.8 Å². The quantitative estimate of drug-likeness (QED) is 0.654. The van der Waals surface area contributed by atoms with Crippen molar-refractivity contribution in [3.63, 3.8) is 0 Å². The Hall–Kier alpha value is -0.610. The summed E-state index contributed by atoms with van der Waals surface area (Å²) in [6, 6.07) is 0.257. The van der Waals surface area contributed by atoms with Gasteiger partial charge in [0.25, 0.3) is 0 Å². The maximum Gasteiger partial charge on any atom is 0.220 e. The molecular weight excluding hydrogens is 192 g/mol. The molecule has 0 bridgehead atoms. The highest BCUT2D eigenvalue weighted by Crippen LogP contribution is 2.14. The number of rotatable bonds is 7. The molecule has 88 valence electrons. The van der Waals surface area contributed by atoms with Gasteiger partial charge in [-0.2, -0.15) is 0 Å². The van der Waals surface area contributed by atoms with E-state index in [-0.39, 0.29) is 11.9 Å². The van der Waals surface area contributed by atoms with E-state index in [1.54, 1.807) is 0 Å². The maximum atomic E-state index is 11.5. The fourth-order valence-electron chi connectivity index (χ4n) is 1.74. The highest BCUT2D eigenvalue weighted by molar-refractivity contribution is 5.76. The standard InChI is InChI=1S/C11H22N2O2/c1-2-9(5-6-12)3-4-11(14)13-10-7-15-8-10/h9-10H,2-8,12H2,1H3,(H,13,14). The predicted octanol–water partition coefficient (Wildman–Crippen LogP) is 0.657. The minimum Gasteiger partial charge on any atom is -0.377 e. The zero-order valence-electron chi connectivity index (χ0n) is 9.50. The molecule has 0 aromatic carbocycles. The molecule has 4 nitrogen and oxygen atoms in total. The lowest BCUT2D eigenvalue weighted by atomic mass is 9.96. The van der Waals surface area contributed by atoms with Crippen molar-refractivity contribution in [1.29, 1.82) is 0 Å². The van der Waals surface area contributed by atoms with Crippen LogP contribution in [-0.2, 0) is 9.53 Å². The van der Waals surface area contributed by atoms with Gasteiger partial charge in [0.1, 0.15) is 0 Å². The molecule has 1 rings (SSSR count). The maximum absolute atomic E-state index is 11.5. The van der Waals surface area contributed by atoms with E-state index < -0.39 is 0 Å². The Balaban J connectivity index is 2.08. The van der Waals surface area contributed by atoms with Gasteiger partial charge in [0.05, 0.1) is 19.3 Å². The first-order valence-electron chi connectivity index (χ1n) is 5.83. The van der Waals surface area contributed by atoms with Crippen LogP contribution in [0.2, 0.25) is 0 Å². The first-order valence-corrected chi connectivity index (χ1v) is 5.83. The van der Waals surface area contributed by atoms with Gasteiger partial charge in [0, 0.05) is 6.42 Å². The molecule has 1 aliphatic rings. The van der Waals surface area contributed by atoms with Crippen LogP contribution in [0.5, 0.6) is 0 Å². The molecule has 0 aromatic heterocycles. The molecule has 3 N–H and O–H groups in total. The lowest BCUT2D eigenvalue weighted by molar-refractivity contribution is -0.125. The SMILES string of the molecule is CCC(CCN)CCC(=O)NC1COC1. The van der Waals surface area contributed by atoms with Crippen LogP contribution < -0.4 is 11.1 Å². The summed E-state index contributed by atoms with van der Waals surface area (Å²) in [7, 11) is 0. The number of nitrogens with one attached hydrogen (secondary N) is 1. The Morgan fingerprint density at radius 2 is 2.27 bits per heavy atom. The molecule has 1 saturated heterocycles. The minimum absolute atomic E-state index is 0.152. The highest BCUT2D eigenvalue weighted by Gasteiger charge is 2.20. The van der Waals surface area contributed by atoms with Crippen molar-refractivity contribution in [2.45, 2.75) is 38.6 Å². The molecular formula is C11H22N2O2. The predicted molar refractivity (Wildman–Crippen MR) is 59.4 cm³/mol. The Labute approximate surface area is 91.5 Å². The van der Waals surface area contributed by atoms with Gasteiger partial charge >= 0.3 is 0 Å². The molecule has 0 saturated carbocycles. The fraction of sp³-hybridized carbons (Fsp3) is 0.909. The Kier molecular flexibility index (Phi) is 5.65. The summed E-state index contributed by atoms with van der Waals surface area (Å²) in [5.74, 6) is 0.747. The third-order valence-electron chi connectivity index (χ3n) is 2.94. The van der Waals surface area contributed by atoms with E-state index in [0.29, 0.717) is 25.6 Å². The number of carbonyl (C=O) groups excluding carboxylic acids is 1. The van der Waals surface area contributed by atoms with Crippen molar-refractivity contribution < 1.29 is 9.53 Å². The van der Waals surface area contributed by atoms with Gasteiger partial charge in [0.15, 0.2) is 0 Å². The molecule has 15 heavy (non-hydrogen) atoms. The van der Waals surface area contributed by atoms with Gasteiger partial charge in [-0.1, -0.05) is 13.3 Å². The van der Waals surface area contributed by atoms with Crippen LogP contribution >= 0.6 is 0 Å². The molecule has 0 spiro atoms. The van der Waals surface area contributed by atoms with Gasteiger partial charge in [-0.3, -0.25) is 4.79 Å². The van der Waals surface area contributed by atoms with Crippen molar-refractivity contribution in [2.75, 3.05) is 19.8 Å². The normalized spacial score (nSPS) is 18.3. The van der Waals surface area contributed by atoms with Crippen LogP contribution in [0.3, 0.4) is 0 Å². The third kappa shape index (κ3) is 4.62. The van der Waals surface area contributed by atoms with Gasteiger partial charge in [-0.05, 0) is 25.3 Å². The first kappa shape index (κ1) is 12.5. The molecule has 4 heteroatoms. The topological polar surface area (TPSA) is 64.4 Å². The minimum atomic E-state index is 0.152. The zero-order chi connectivity index (χ0) is 11.1. The monoisotopic (exact) mass is 214 g/mol. The van der Waals surface area contributed by atoms with Crippen LogP contribution in [0, 0.1) is 5.92 Å². The highest BCUT2D eigenvalue weighted by atomic mass is 16.5. The summed E-state index contributed by atoms with van der Waals surface area (Å²) in [6.07, 6.45) is 3.70. The smallest absolute Gasteiger partial charge is 0.220 e. The van der Waals surface area contributed by atoms with Crippen molar-refractivity contribution >= 4 is 5.91 Å². The van der Waals surface area contributed by atoms with E-state index in [4.69, 9.17) is 10.5 Å². The Morgan fingerprint density at radius 3 is 2.73 bits per heavy atom. The van der Waals surface area contributed by atoms with E-state index in [1.807, 2.05) is 0 Å². The molecule has 0 aromatic rings. The van der Waals surface area contributed by atoms with Gasteiger partial charge in [-0.15, -0.1) is 0 Å². The largest absolute Gasteiger partial charge is 0.377 e. The van der Waals surface area contributed by atoms with Crippen LogP contribution in [0.4, 0.5) is 0 Å². The molecule has 1 aliphatic heterocycles. The van der Waals surface area contributed by atoms with Crippen molar-refractivity contribution in [1.82, 2.24) is 5.32 Å². The number of hydrogen-bond donors (Lipinski definition) is 2. The Bertz CT molecular complexity index is 193. The van der Waals surface area contributed by atoms with Crippen molar-refractivity contribution in [3.8, 4) is 0 Å². The Morgan fingerprint density at radius 1 is 1.53 bits per heavy atom. The number of ether oxygens (including phenoxy) is 1. The second-order valence-electron chi connectivity index (χ2n) is 4.19. The first-order chi connectivity index (χ1) is 7.26. The summed E-state index contributed by atoms with van der Waals surface area (Å²) in [4.78, 5) is 11.5. The van der Waals surface area contributed by atoms with E-state index in [0.717, 1.165) is 25.8 Å². The average molecular weight is 214 g/mol. The summed E-state index contributed by atoms with van der Waals surface area (Å²) in [5.41, 5.74) is 5.51. The third-order valence-corrected chi connectivity index (χ3v) is 2.94. The number of carbonyl (C=O) groups is 1. The molecule has 1 amide bonds. The fourth-order valence-corrected chi connectivity index (χ4v) is 1.74. The van der Waals surface area contributed by atoms with Crippen molar-refractivity contribution in [3.05, 3.63) is 0 Å². The molecule has 1 heterocycles. The van der Waals surface area contributed by atoms with Crippen molar-refractivity contribution in [2.24, 2.45) is 11.7 Å². The van der Waals surface area contributed by atoms with E-state index >= 15 is 0 Å². The lowest BCUT2D eigenvalue weighted by Crippen LogP contribution is -2.48. The molecule has 1 unspecified atom stereocenters. The van der Waals surface area contributed by atoms with E-state index in [1.165, 1.54) is 0 Å². The molecule has 1 fully saturated rings. The van der Waals surface area contributed by atoms with E-state index in [9.17, 15) is 4.79 Å². The summed E-state index contributed by atoms with van der Waals surface area (Å²) in [5, 5.41) is 2.94. The lowest BCUT2D eigenvalue weighted by Gasteiger charge is -2.27. The zero-order valence-corrected chi connectivity index (χ0v) is 9.50. The second kappa shape index (κ2) is 6.80. The summed E-state index contributed by atoms with van der Waals surface area (Å²) >= 11 is 0. The number of amides is 1. The summed E-state index contributed by atoms with van der Waals surface area (Å²) in [6.45, 7) is 4.21. The van der Waals surface area contributed by atoms with Gasteiger partial charge in [0.2, 0.25) is 5.91 Å². The molecule has 1 atom stereocenters. The second-order valence-corrected chi connectivity index (χ2v) is 4.19.